The third-order valence-electron chi connectivity index (χ3n) is 9.94. The lowest BCUT2D eigenvalue weighted by molar-refractivity contribution is 1.30. The fourth-order valence-electron chi connectivity index (χ4n) is 7.91. The predicted molar refractivity (Wildman–Crippen MR) is 207 cm³/mol. The van der Waals surface area contributed by atoms with Crippen molar-refractivity contribution in [1.29, 1.82) is 0 Å². The van der Waals surface area contributed by atoms with Gasteiger partial charge in [0.1, 0.15) is 0 Å². The van der Waals surface area contributed by atoms with Crippen molar-refractivity contribution in [3.05, 3.63) is 200 Å². The normalized spacial score (nSPS) is 12.8. The van der Waals surface area contributed by atoms with Crippen molar-refractivity contribution in [2.24, 2.45) is 0 Å². The molecule has 0 N–H and O–H groups in total. The van der Waals surface area contributed by atoms with Gasteiger partial charge in [-0.05, 0) is 67.1 Å². The third-order valence-corrected chi connectivity index (χ3v) is 14.8. The summed E-state index contributed by atoms with van der Waals surface area (Å²) in [4.78, 5) is 2.49. The van der Waals surface area contributed by atoms with Gasteiger partial charge in [0.05, 0.1) is 11.4 Å². The van der Waals surface area contributed by atoms with Gasteiger partial charge in [0.25, 0.3) is 0 Å². The van der Waals surface area contributed by atoms with E-state index in [2.05, 4.69) is 205 Å². The first kappa shape index (κ1) is 28.3. The van der Waals surface area contributed by atoms with Gasteiger partial charge < -0.3 is 4.90 Å². The first-order valence-corrected chi connectivity index (χ1v) is 18.6. The minimum absolute atomic E-state index is 1.13. The third kappa shape index (κ3) is 4.38. The number of nitrogens with zero attached hydrogens (tertiary/aromatic N) is 1. The Hall–Kier alpha value is -5.96. The minimum atomic E-state index is -2.64. The van der Waals surface area contributed by atoms with Crippen LogP contribution in [0.1, 0.15) is 0 Å². The molecule has 48 heavy (non-hydrogen) atoms. The van der Waals surface area contributed by atoms with Crippen molar-refractivity contribution in [3.8, 4) is 22.3 Å². The zero-order valence-electron chi connectivity index (χ0n) is 26.5. The van der Waals surface area contributed by atoms with E-state index in [0.29, 0.717) is 0 Å². The van der Waals surface area contributed by atoms with Gasteiger partial charge in [0.2, 0.25) is 0 Å². The lowest BCUT2D eigenvalue weighted by atomic mass is 10.00. The first-order chi connectivity index (χ1) is 23.8. The molecule has 9 rings (SSSR count). The molecule has 8 aromatic carbocycles. The van der Waals surface area contributed by atoms with E-state index < -0.39 is 8.07 Å². The standard InChI is InChI=1S/C46H33NSi/c1-4-16-34(17-5-1)35-30-32-37(33-31-35)47(42-26-14-19-36-18-10-11-24-40(36)42)43-27-15-29-45-46(43)41-25-12-13-28-44(41)48(45,38-20-6-2-7-21-38)39-22-8-3-9-23-39/h1-33H. The maximum atomic E-state index is 2.49. The summed E-state index contributed by atoms with van der Waals surface area (Å²) in [5.41, 5.74) is 8.59. The molecular weight excluding hydrogens is 595 g/mol. The Morgan fingerprint density at radius 2 is 0.875 bits per heavy atom. The highest BCUT2D eigenvalue weighted by atomic mass is 28.3. The molecule has 1 nitrogen and oxygen atoms in total. The number of benzene rings is 8. The molecule has 2 heteroatoms. The fourth-order valence-corrected chi connectivity index (χ4v) is 13.1. The van der Waals surface area contributed by atoms with Gasteiger partial charge in [0.15, 0.2) is 8.07 Å². The van der Waals surface area contributed by atoms with Crippen molar-refractivity contribution in [2.75, 3.05) is 4.90 Å². The Kier molecular flexibility index (Phi) is 6.88. The maximum Gasteiger partial charge on any atom is 0.180 e. The van der Waals surface area contributed by atoms with Crippen LogP contribution < -0.4 is 25.6 Å². The van der Waals surface area contributed by atoms with Gasteiger partial charge in [-0.3, -0.25) is 0 Å². The van der Waals surface area contributed by atoms with Crippen LogP contribution in [0.5, 0.6) is 0 Å². The van der Waals surface area contributed by atoms with E-state index >= 15 is 0 Å². The van der Waals surface area contributed by atoms with E-state index in [1.54, 1.807) is 0 Å². The van der Waals surface area contributed by atoms with Crippen LogP contribution in [0.3, 0.4) is 0 Å². The number of rotatable bonds is 6. The quantitative estimate of drug-likeness (QED) is 0.166. The summed E-state index contributed by atoms with van der Waals surface area (Å²) >= 11 is 0. The molecule has 0 unspecified atom stereocenters. The largest absolute Gasteiger partial charge is 0.309 e. The summed E-state index contributed by atoms with van der Waals surface area (Å²) in [5.74, 6) is 0. The number of hydrogen-bond acceptors (Lipinski definition) is 1. The SMILES string of the molecule is c1ccc(-c2ccc(N(c3cccc4c3-c3ccccc3[Si]4(c3ccccc3)c3ccccc3)c3cccc4ccccc34)cc2)cc1. The second-order valence-corrected chi connectivity index (χ2v) is 16.2. The minimum Gasteiger partial charge on any atom is -0.309 e. The molecule has 0 atom stereocenters. The molecule has 0 aromatic heterocycles. The predicted octanol–water partition coefficient (Wildman–Crippen LogP) is 9.33. The molecule has 0 radical (unpaired) electrons. The lowest BCUT2D eigenvalue weighted by Crippen LogP contribution is -2.72. The Labute approximate surface area is 283 Å². The molecule has 0 saturated carbocycles. The maximum absolute atomic E-state index is 2.64. The van der Waals surface area contributed by atoms with E-state index in [1.165, 1.54) is 65.1 Å². The summed E-state index contributed by atoms with van der Waals surface area (Å²) in [5, 5.41) is 8.15. The van der Waals surface area contributed by atoms with Crippen LogP contribution in [0.2, 0.25) is 0 Å². The highest BCUT2D eigenvalue weighted by molar-refractivity contribution is 7.22. The summed E-state index contributed by atoms with van der Waals surface area (Å²) in [6.07, 6.45) is 0. The molecule has 0 amide bonds. The van der Waals surface area contributed by atoms with Crippen molar-refractivity contribution >= 4 is 56.7 Å². The van der Waals surface area contributed by atoms with Crippen molar-refractivity contribution in [2.45, 2.75) is 0 Å². The van der Waals surface area contributed by atoms with Crippen LogP contribution in [0.25, 0.3) is 33.0 Å². The molecule has 0 aliphatic carbocycles. The summed E-state index contributed by atoms with van der Waals surface area (Å²) in [7, 11) is -2.64. The van der Waals surface area contributed by atoms with Gasteiger partial charge in [-0.25, -0.2) is 0 Å². The fraction of sp³-hybridized carbons (Fsp3) is 0. The lowest BCUT2D eigenvalue weighted by Gasteiger charge is -2.32. The Morgan fingerprint density at radius 1 is 0.354 bits per heavy atom. The van der Waals surface area contributed by atoms with E-state index in [1.807, 2.05) is 0 Å². The Bertz CT molecular complexity index is 2340. The summed E-state index contributed by atoms with van der Waals surface area (Å²) < 4.78 is 0. The molecule has 1 aliphatic heterocycles. The Balaban J connectivity index is 1.35. The average molecular weight is 628 g/mol. The second kappa shape index (κ2) is 11.7. The molecular formula is C46H33NSi. The molecule has 226 valence electrons. The van der Waals surface area contributed by atoms with E-state index in [-0.39, 0.29) is 0 Å². The van der Waals surface area contributed by atoms with Gasteiger partial charge in [-0.15, -0.1) is 0 Å². The van der Waals surface area contributed by atoms with Crippen molar-refractivity contribution in [1.82, 2.24) is 0 Å². The number of fused-ring (bicyclic) bond motifs is 4. The zero-order valence-corrected chi connectivity index (χ0v) is 27.5. The molecule has 0 spiro atoms. The van der Waals surface area contributed by atoms with Crippen LogP contribution in [0.15, 0.2) is 200 Å². The van der Waals surface area contributed by atoms with Gasteiger partial charge in [-0.2, -0.15) is 0 Å². The Morgan fingerprint density at radius 3 is 1.60 bits per heavy atom. The molecule has 0 fully saturated rings. The van der Waals surface area contributed by atoms with Gasteiger partial charge in [0, 0.05) is 16.6 Å². The molecule has 8 aromatic rings. The van der Waals surface area contributed by atoms with Gasteiger partial charge >= 0.3 is 0 Å². The van der Waals surface area contributed by atoms with Crippen molar-refractivity contribution in [3.63, 3.8) is 0 Å². The summed E-state index contributed by atoms with van der Waals surface area (Å²) in [6.45, 7) is 0. The van der Waals surface area contributed by atoms with Crippen LogP contribution in [0.4, 0.5) is 17.1 Å². The highest BCUT2D eigenvalue weighted by Gasteiger charge is 2.49. The smallest absolute Gasteiger partial charge is 0.180 e. The van der Waals surface area contributed by atoms with E-state index in [0.717, 1.165) is 5.69 Å². The first-order valence-electron chi connectivity index (χ1n) is 16.6. The molecule has 0 saturated heterocycles. The topological polar surface area (TPSA) is 3.24 Å². The molecule has 1 heterocycles. The van der Waals surface area contributed by atoms with Gasteiger partial charge in [-0.1, -0.05) is 176 Å². The average Bonchev–Trinajstić information content (AvgIpc) is 3.48. The highest BCUT2D eigenvalue weighted by Crippen LogP contribution is 2.45. The molecule has 0 bridgehead atoms. The second-order valence-electron chi connectivity index (χ2n) is 12.5. The van der Waals surface area contributed by atoms with Crippen LogP contribution >= 0.6 is 0 Å². The monoisotopic (exact) mass is 627 g/mol. The van der Waals surface area contributed by atoms with Crippen molar-refractivity contribution < 1.29 is 0 Å². The zero-order chi connectivity index (χ0) is 31.9. The van der Waals surface area contributed by atoms with E-state index in [4.69, 9.17) is 0 Å². The molecule has 1 aliphatic rings. The van der Waals surface area contributed by atoms with E-state index in [9.17, 15) is 0 Å². The summed E-state index contributed by atoms with van der Waals surface area (Å²) in [6, 6.07) is 73.8. The number of hydrogen-bond donors (Lipinski definition) is 0. The number of anilines is 3. The van der Waals surface area contributed by atoms with Crippen LogP contribution in [-0.2, 0) is 0 Å². The van der Waals surface area contributed by atoms with Crippen LogP contribution in [0, 0.1) is 0 Å². The van der Waals surface area contributed by atoms with Crippen LogP contribution in [-0.4, -0.2) is 8.07 Å².